The lowest BCUT2D eigenvalue weighted by Gasteiger charge is -2.33. The van der Waals surface area contributed by atoms with Crippen molar-refractivity contribution in [3.8, 4) is 0 Å². The van der Waals surface area contributed by atoms with E-state index in [0.29, 0.717) is 6.42 Å². The predicted octanol–water partition coefficient (Wildman–Crippen LogP) is 0.521. The molecule has 0 aromatic rings. The lowest BCUT2D eigenvalue weighted by Crippen LogP contribution is -2.46. The monoisotopic (exact) mass is 223 g/mol. The van der Waals surface area contributed by atoms with E-state index >= 15 is 0 Å². The Balaban J connectivity index is 4.85. The maximum absolute atomic E-state index is 11.5. The second-order valence-corrected chi connectivity index (χ2v) is 5.78. The summed E-state index contributed by atoms with van der Waals surface area (Å²) in [7, 11) is -2.29. The minimum absolute atomic E-state index is 0.547. The predicted molar refractivity (Wildman–Crippen MR) is 53.6 cm³/mol. The molecule has 0 radical (unpaired) electrons. The van der Waals surface area contributed by atoms with Gasteiger partial charge in [0.1, 0.15) is 0 Å². The zero-order chi connectivity index (χ0) is 11.6. The van der Waals surface area contributed by atoms with E-state index in [4.69, 9.17) is 5.11 Å². The molecule has 0 bridgehead atoms. The van der Waals surface area contributed by atoms with Gasteiger partial charge in [0.2, 0.25) is 10.0 Å². The van der Waals surface area contributed by atoms with E-state index in [1.807, 2.05) is 6.92 Å². The molecule has 0 amide bonds. The number of carboxylic acid groups (broad SMARTS) is 1. The number of hydrogen-bond acceptors (Lipinski definition) is 3. The molecule has 0 aromatic carbocycles. The van der Waals surface area contributed by atoms with Crippen molar-refractivity contribution in [3.63, 3.8) is 0 Å². The standard InChI is InChI=1S/C8H17NO4S/c1-5-8(2,3)9(4)14(12,13)6-7(10)11/h5-6H2,1-4H3,(H,10,11). The Morgan fingerprint density at radius 1 is 1.43 bits per heavy atom. The van der Waals surface area contributed by atoms with Crippen molar-refractivity contribution in [1.29, 1.82) is 0 Å². The van der Waals surface area contributed by atoms with E-state index in [1.54, 1.807) is 13.8 Å². The Morgan fingerprint density at radius 2 is 1.86 bits per heavy atom. The van der Waals surface area contributed by atoms with Crippen LogP contribution in [0.4, 0.5) is 0 Å². The Labute approximate surface area is 84.8 Å². The van der Waals surface area contributed by atoms with Crippen LogP contribution in [0.25, 0.3) is 0 Å². The van der Waals surface area contributed by atoms with Gasteiger partial charge in [-0.2, -0.15) is 4.31 Å². The molecule has 0 aliphatic carbocycles. The molecule has 14 heavy (non-hydrogen) atoms. The summed E-state index contributed by atoms with van der Waals surface area (Å²) >= 11 is 0. The maximum atomic E-state index is 11.5. The van der Waals surface area contributed by atoms with Crippen molar-refractivity contribution in [2.75, 3.05) is 12.8 Å². The summed E-state index contributed by atoms with van der Waals surface area (Å²) in [5.74, 6) is -2.18. The molecular weight excluding hydrogens is 206 g/mol. The zero-order valence-electron chi connectivity index (χ0n) is 8.94. The van der Waals surface area contributed by atoms with Gasteiger partial charge in [-0.1, -0.05) is 6.92 Å². The average Bonchev–Trinajstić information content (AvgIpc) is 2.00. The van der Waals surface area contributed by atoms with Crippen LogP contribution in [0.1, 0.15) is 27.2 Å². The van der Waals surface area contributed by atoms with Gasteiger partial charge in [0.05, 0.1) is 0 Å². The molecule has 1 N–H and O–H groups in total. The molecule has 0 saturated heterocycles. The summed E-state index contributed by atoms with van der Waals surface area (Å²) < 4.78 is 24.1. The van der Waals surface area contributed by atoms with Gasteiger partial charge in [0.25, 0.3) is 0 Å². The lowest BCUT2D eigenvalue weighted by molar-refractivity contribution is -0.134. The second kappa shape index (κ2) is 4.27. The summed E-state index contributed by atoms with van der Waals surface area (Å²) in [6.07, 6.45) is 0.627. The van der Waals surface area contributed by atoms with E-state index in [0.717, 1.165) is 4.31 Å². The van der Waals surface area contributed by atoms with Gasteiger partial charge in [-0.25, -0.2) is 8.42 Å². The van der Waals surface area contributed by atoms with E-state index in [9.17, 15) is 13.2 Å². The molecule has 0 aliphatic rings. The summed E-state index contributed by atoms with van der Waals surface area (Å²) in [4.78, 5) is 10.3. The van der Waals surface area contributed by atoms with Crippen LogP contribution in [0, 0.1) is 0 Å². The molecule has 84 valence electrons. The highest BCUT2D eigenvalue weighted by molar-refractivity contribution is 7.89. The molecule has 0 fully saturated rings. The highest BCUT2D eigenvalue weighted by atomic mass is 32.2. The number of nitrogens with zero attached hydrogens (tertiary/aromatic N) is 1. The Bertz CT molecular complexity index is 307. The summed E-state index contributed by atoms with van der Waals surface area (Å²) in [6, 6.07) is 0. The molecule has 0 saturated carbocycles. The first-order valence-electron chi connectivity index (χ1n) is 4.32. The van der Waals surface area contributed by atoms with E-state index < -0.39 is 27.3 Å². The Morgan fingerprint density at radius 3 is 2.14 bits per heavy atom. The highest BCUT2D eigenvalue weighted by Gasteiger charge is 2.32. The molecule has 0 atom stereocenters. The Kier molecular flexibility index (Phi) is 4.08. The minimum atomic E-state index is -3.70. The number of sulfonamides is 1. The fraction of sp³-hybridized carbons (Fsp3) is 0.875. The fourth-order valence-electron chi connectivity index (χ4n) is 0.852. The van der Waals surface area contributed by atoms with Crippen LogP contribution in [0.15, 0.2) is 0 Å². The first-order valence-corrected chi connectivity index (χ1v) is 5.93. The van der Waals surface area contributed by atoms with Crippen LogP contribution >= 0.6 is 0 Å². The second-order valence-electron chi connectivity index (χ2n) is 3.78. The van der Waals surface area contributed by atoms with Gasteiger partial charge in [0.15, 0.2) is 5.75 Å². The fourth-order valence-corrected chi connectivity index (χ4v) is 2.24. The van der Waals surface area contributed by atoms with Gasteiger partial charge in [-0.05, 0) is 20.3 Å². The quantitative estimate of drug-likeness (QED) is 0.737. The van der Waals surface area contributed by atoms with Crippen molar-refractivity contribution in [3.05, 3.63) is 0 Å². The van der Waals surface area contributed by atoms with Gasteiger partial charge >= 0.3 is 5.97 Å². The minimum Gasteiger partial charge on any atom is -0.480 e. The number of hydrogen-bond donors (Lipinski definition) is 1. The average molecular weight is 223 g/mol. The third kappa shape index (κ3) is 3.26. The van der Waals surface area contributed by atoms with Crippen molar-refractivity contribution in [1.82, 2.24) is 4.31 Å². The molecule has 0 rings (SSSR count). The van der Waals surface area contributed by atoms with Gasteiger partial charge in [0, 0.05) is 12.6 Å². The van der Waals surface area contributed by atoms with E-state index in [2.05, 4.69) is 0 Å². The summed E-state index contributed by atoms with van der Waals surface area (Å²) in [5, 5.41) is 8.43. The Hall–Kier alpha value is -0.620. The number of aliphatic carboxylic acids is 1. The first-order chi connectivity index (χ1) is 6.13. The molecular formula is C8H17NO4S. The van der Waals surface area contributed by atoms with Gasteiger partial charge in [-0.15, -0.1) is 0 Å². The van der Waals surface area contributed by atoms with Crippen LogP contribution in [-0.2, 0) is 14.8 Å². The maximum Gasteiger partial charge on any atom is 0.320 e. The van der Waals surface area contributed by atoms with Gasteiger partial charge in [-0.3, -0.25) is 4.79 Å². The van der Waals surface area contributed by atoms with Crippen LogP contribution in [-0.4, -0.2) is 42.1 Å². The normalized spacial score (nSPS) is 13.2. The zero-order valence-corrected chi connectivity index (χ0v) is 9.76. The summed E-state index contributed by atoms with van der Waals surface area (Å²) in [6.45, 7) is 5.37. The van der Waals surface area contributed by atoms with Crippen LogP contribution in [0.2, 0.25) is 0 Å². The molecule has 5 nitrogen and oxygen atoms in total. The third-order valence-electron chi connectivity index (χ3n) is 2.44. The summed E-state index contributed by atoms with van der Waals surface area (Å²) in [5.41, 5.74) is -0.547. The molecule has 0 aliphatic heterocycles. The molecule has 0 heterocycles. The van der Waals surface area contributed by atoms with Crippen molar-refractivity contribution >= 4 is 16.0 Å². The molecule has 0 unspecified atom stereocenters. The first kappa shape index (κ1) is 13.4. The van der Waals surface area contributed by atoms with Crippen LogP contribution < -0.4 is 0 Å². The van der Waals surface area contributed by atoms with Crippen LogP contribution in [0.5, 0.6) is 0 Å². The molecule has 6 heteroatoms. The van der Waals surface area contributed by atoms with E-state index in [1.165, 1.54) is 7.05 Å². The van der Waals surface area contributed by atoms with Crippen molar-refractivity contribution < 1.29 is 18.3 Å². The third-order valence-corrected chi connectivity index (χ3v) is 4.38. The topological polar surface area (TPSA) is 74.7 Å². The number of carboxylic acids is 1. The van der Waals surface area contributed by atoms with Gasteiger partial charge < -0.3 is 5.11 Å². The molecule has 0 aromatic heterocycles. The highest BCUT2D eigenvalue weighted by Crippen LogP contribution is 2.20. The number of rotatable bonds is 5. The lowest BCUT2D eigenvalue weighted by atomic mass is 10.0. The molecule has 0 spiro atoms. The SMILES string of the molecule is CCC(C)(C)N(C)S(=O)(=O)CC(=O)O. The van der Waals surface area contributed by atoms with Crippen molar-refractivity contribution in [2.24, 2.45) is 0 Å². The number of carbonyl (C=O) groups is 1. The van der Waals surface area contributed by atoms with Crippen molar-refractivity contribution in [2.45, 2.75) is 32.7 Å². The smallest absolute Gasteiger partial charge is 0.320 e. The van der Waals surface area contributed by atoms with Crippen LogP contribution in [0.3, 0.4) is 0 Å². The van der Waals surface area contributed by atoms with E-state index in [-0.39, 0.29) is 0 Å². The largest absolute Gasteiger partial charge is 0.480 e.